The fraction of sp³-hybridized carbons (Fsp3) is 0.235. The van der Waals surface area contributed by atoms with E-state index in [2.05, 4.69) is 5.32 Å². The zero-order valence-electron chi connectivity index (χ0n) is 13.8. The van der Waals surface area contributed by atoms with Crippen LogP contribution in [0.5, 0.6) is 23.0 Å². The van der Waals surface area contributed by atoms with Crippen molar-refractivity contribution in [3.63, 3.8) is 0 Å². The van der Waals surface area contributed by atoms with Gasteiger partial charge in [0.05, 0.1) is 39.0 Å². The monoisotopic (exact) mass is 351 g/mol. The number of methoxy groups -OCH3 is 4. The van der Waals surface area contributed by atoms with E-state index in [0.717, 1.165) is 0 Å². The number of carbonyl (C=O) groups is 1. The third-order valence-corrected chi connectivity index (χ3v) is 3.66. The van der Waals surface area contributed by atoms with Gasteiger partial charge in [0.1, 0.15) is 11.5 Å². The lowest BCUT2D eigenvalue weighted by Crippen LogP contribution is -2.13. The minimum atomic E-state index is -0.367. The van der Waals surface area contributed by atoms with Gasteiger partial charge in [0, 0.05) is 17.8 Å². The molecule has 6 nitrogen and oxygen atoms in total. The zero-order chi connectivity index (χ0) is 17.7. The fourth-order valence-corrected chi connectivity index (χ4v) is 2.41. The van der Waals surface area contributed by atoms with Crippen LogP contribution >= 0.6 is 11.6 Å². The predicted octanol–water partition coefficient (Wildman–Crippen LogP) is 3.63. The number of amides is 1. The van der Waals surface area contributed by atoms with E-state index in [1.165, 1.54) is 28.4 Å². The highest BCUT2D eigenvalue weighted by atomic mass is 35.5. The molecule has 24 heavy (non-hydrogen) atoms. The Bertz CT molecular complexity index is 748. The summed E-state index contributed by atoms with van der Waals surface area (Å²) in [5.74, 6) is 1.42. The van der Waals surface area contributed by atoms with Gasteiger partial charge in [0.25, 0.3) is 5.91 Å². The van der Waals surface area contributed by atoms with Gasteiger partial charge in [0.2, 0.25) is 0 Å². The number of carbonyl (C=O) groups excluding carboxylic acids is 1. The van der Waals surface area contributed by atoms with E-state index in [-0.39, 0.29) is 5.91 Å². The molecule has 0 heterocycles. The van der Waals surface area contributed by atoms with E-state index < -0.39 is 0 Å². The van der Waals surface area contributed by atoms with Gasteiger partial charge in [-0.3, -0.25) is 4.79 Å². The number of hydrogen-bond donors (Lipinski definition) is 1. The first-order valence-corrected chi connectivity index (χ1v) is 7.36. The Morgan fingerprint density at radius 2 is 1.42 bits per heavy atom. The third kappa shape index (κ3) is 3.65. The van der Waals surface area contributed by atoms with Crippen molar-refractivity contribution in [3.8, 4) is 23.0 Å². The Labute approximate surface area is 145 Å². The molecule has 0 aliphatic rings. The van der Waals surface area contributed by atoms with E-state index in [0.29, 0.717) is 39.3 Å². The van der Waals surface area contributed by atoms with E-state index in [1.807, 2.05) is 0 Å². The van der Waals surface area contributed by atoms with Crippen LogP contribution in [-0.4, -0.2) is 34.3 Å². The van der Waals surface area contributed by atoms with Crippen LogP contribution in [0.4, 0.5) is 5.69 Å². The van der Waals surface area contributed by atoms with Crippen molar-refractivity contribution in [1.29, 1.82) is 0 Å². The van der Waals surface area contributed by atoms with Crippen LogP contribution in [0.25, 0.3) is 0 Å². The molecule has 0 spiro atoms. The maximum Gasteiger partial charge on any atom is 0.259 e. The Balaban J connectivity index is 2.33. The molecule has 0 unspecified atom stereocenters. The number of halogens is 1. The lowest BCUT2D eigenvalue weighted by atomic mass is 10.1. The molecule has 0 aliphatic heterocycles. The summed E-state index contributed by atoms with van der Waals surface area (Å²) in [4.78, 5) is 12.6. The molecule has 0 aromatic heterocycles. The molecule has 2 aromatic rings. The summed E-state index contributed by atoms with van der Waals surface area (Å²) in [5, 5.41) is 3.16. The lowest BCUT2D eigenvalue weighted by Gasteiger charge is -2.14. The number of ether oxygens (including phenoxy) is 4. The molecule has 0 atom stereocenters. The van der Waals surface area contributed by atoms with Crippen molar-refractivity contribution < 1.29 is 23.7 Å². The highest BCUT2D eigenvalue weighted by molar-refractivity contribution is 6.32. The summed E-state index contributed by atoms with van der Waals surface area (Å²) in [7, 11) is 6.00. The van der Waals surface area contributed by atoms with Gasteiger partial charge in [-0.25, -0.2) is 0 Å². The topological polar surface area (TPSA) is 66.0 Å². The molecule has 128 valence electrons. The van der Waals surface area contributed by atoms with E-state index >= 15 is 0 Å². The van der Waals surface area contributed by atoms with Crippen LogP contribution in [0.3, 0.4) is 0 Å². The molecule has 2 aromatic carbocycles. The van der Waals surface area contributed by atoms with Crippen molar-refractivity contribution in [2.75, 3.05) is 33.8 Å². The molecular weight excluding hydrogens is 334 g/mol. The first kappa shape index (κ1) is 17.7. The minimum absolute atomic E-state index is 0.307. The highest BCUT2D eigenvalue weighted by Crippen LogP contribution is 2.35. The fourth-order valence-electron chi connectivity index (χ4n) is 2.15. The SMILES string of the molecule is COc1ccc(NC(=O)c2cc(OC)c(OC)cc2OC)cc1Cl. The predicted molar refractivity (Wildman–Crippen MR) is 92.1 cm³/mol. The van der Waals surface area contributed by atoms with E-state index in [1.54, 1.807) is 30.3 Å². The van der Waals surface area contributed by atoms with Crippen LogP contribution in [0.2, 0.25) is 5.02 Å². The normalized spacial score (nSPS) is 10.0. The summed E-state index contributed by atoms with van der Waals surface area (Å²) in [6.45, 7) is 0. The van der Waals surface area contributed by atoms with Gasteiger partial charge in [-0.1, -0.05) is 11.6 Å². The van der Waals surface area contributed by atoms with Gasteiger partial charge in [0.15, 0.2) is 11.5 Å². The molecular formula is C17H18ClNO5. The first-order valence-electron chi connectivity index (χ1n) is 6.99. The molecule has 1 amide bonds. The summed E-state index contributed by atoms with van der Waals surface area (Å²) < 4.78 is 20.8. The Morgan fingerprint density at radius 3 is 1.96 bits per heavy atom. The lowest BCUT2D eigenvalue weighted by molar-refractivity contribution is 0.102. The number of anilines is 1. The second-order valence-corrected chi connectivity index (χ2v) is 5.12. The number of hydrogen-bond acceptors (Lipinski definition) is 5. The average Bonchev–Trinajstić information content (AvgIpc) is 2.60. The second kappa shape index (κ2) is 7.79. The number of nitrogens with one attached hydrogen (secondary N) is 1. The van der Waals surface area contributed by atoms with Crippen LogP contribution in [-0.2, 0) is 0 Å². The van der Waals surface area contributed by atoms with Gasteiger partial charge in [-0.15, -0.1) is 0 Å². The molecule has 0 saturated heterocycles. The molecule has 0 bridgehead atoms. The van der Waals surface area contributed by atoms with Gasteiger partial charge < -0.3 is 24.3 Å². The van der Waals surface area contributed by atoms with Crippen molar-refractivity contribution in [1.82, 2.24) is 0 Å². The smallest absolute Gasteiger partial charge is 0.259 e. The summed E-state index contributed by atoms with van der Waals surface area (Å²) in [6.07, 6.45) is 0. The average molecular weight is 352 g/mol. The van der Waals surface area contributed by atoms with Crippen molar-refractivity contribution in [3.05, 3.63) is 40.9 Å². The van der Waals surface area contributed by atoms with Crippen LogP contribution in [0, 0.1) is 0 Å². The highest BCUT2D eigenvalue weighted by Gasteiger charge is 2.18. The molecule has 0 fully saturated rings. The maximum absolute atomic E-state index is 12.6. The Hall–Kier alpha value is -2.60. The van der Waals surface area contributed by atoms with E-state index in [9.17, 15) is 4.79 Å². The second-order valence-electron chi connectivity index (χ2n) is 4.71. The van der Waals surface area contributed by atoms with Gasteiger partial charge >= 0.3 is 0 Å². The standard InChI is InChI=1S/C17H18ClNO5/c1-21-13-6-5-10(7-12(13)18)19-17(20)11-8-15(23-3)16(24-4)9-14(11)22-2/h5-9H,1-4H3,(H,19,20). The summed E-state index contributed by atoms with van der Waals surface area (Å²) in [6, 6.07) is 8.11. The first-order chi connectivity index (χ1) is 11.5. The summed E-state index contributed by atoms with van der Waals surface area (Å²) >= 11 is 6.07. The number of benzene rings is 2. The molecule has 0 saturated carbocycles. The van der Waals surface area contributed by atoms with Crippen LogP contribution in [0.15, 0.2) is 30.3 Å². The molecule has 1 N–H and O–H groups in total. The van der Waals surface area contributed by atoms with Crippen LogP contribution < -0.4 is 24.3 Å². The van der Waals surface area contributed by atoms with Crippen molar-refractivity contribution in [2.45, 2.75) is 0 Å². The Morgan fingerprint density at radius 1 is 0.833 bits per heavy atom. The largest absolute Gasteiger partial charge is 0.496 e. The molecule has 7 heteroatoms. The van der Waals surface area contributed by atoms with Crippen LogP contribution in [0.1, 0.15) is 10.4 Å². The quantitative estimate of drug-likeness (QED) is 0.860. The molecule has 2 rings (SSSR count). The summed E-state index contributed by atoms with van der Waals surface area (Å²) in [5.41, 5.74) is 0.838. The Kier molecular flexibility index (Phi) is 5.76. The van der Waals surface area contributed by atoms with Gasteiger partial charge in [-0.2, -0.15) is 0 Å². The molecule has 0 aliphatic carbocycles. The number of rotatable bonds is 6. The van der Waals surface area contributed by atoms with Crippen molar-refractivity contribution in [2.24, 2.45) is 0 Å². The van der Waals surface area contributed by atoms with E-state index in [4.69, 9.17) is 30.5 Å². The van der Waals surface area contributed by atoms with Crippen molar-refractivity contribution >= 4 is 23.2 Å². The zero-order valence-corrected chi connectivity index (χ0v) is 14.6. The molecule has 0 radical (unpaired) electrons. The third-order valence-electron chi connectivity index (χ3n) is 3.36. The maximum atomic E-state index is 12.6. The van der Waals surface area contributed by atoms with Gasteiger partial charge in [-0.05, 0) is 18.2 Å². The minimum Gasteiger partial charge on any atom is -0.496 e.